The number of fused-ring (bicyclic) bond motifs is 1. The smallest absolute Gasteiger partial charge is 0.111 e. The summed E-state index contributed by atoms with van der Waals surface area (Å²) in [5.41, 5.74) is 3.66. The molecule has 0 radical (unpaired) electrons. The van der Waals surface area contributed by atoms with Gasteiger partial charge in [0.15, 0.2) is 0 Å². The highest BCUT2D eigenvalue weighted by atomic mass is 35.5. The van der Waals surface area contributed by atoms with Gasteiger partial charge in [-0.1, -0.05) is 19.1 Å². The highest BCUT2D eigenvalue weighted by molar-refractivity contribution is 6.17. The van der Waals surface area contributed by atoms with Gasteiger partial charge in [-0.05, 0) is 44.0 Å². The van der Waals surface area contributed by atoms with Crippen LogP contribution >= 0.6 is 11.6 Å². The maximum atomic E-state index is 5.98. The van der Waals surface area contributed by atoms with Gasteiger partial charge in [0, 0.05) is 25.4 Å². The Labute approximate surface area is 131 Å². The Kier molecular flexibility index (Phi) is 4.51. The van der Waals surface area contributed by atoms with E-state index >= 15 is 0 Å². The zero-order chi connectivity index (χ0) is 14.8. The van der Waals surface area contributed by atoms with Gasteiger partial charge >= 0.3 is 0 Å². The minimum absolute atomic E-state index is 0.633. The van der Waals surface area contributed by atoms with E-state index in [-0.39, 0.29) is 0 Å². The van der Waals surface area contributed by atoms with Crippen molar-refractivity contribution in [1.82, 2.24) is 14.5 Å². The molecule has 2 heterocycles. The Balaban J connectivity index is 1.92. The molecule has 1 aromatic heterocycles. The second kappa shape index (κ2) is 6.37. The summed E-state index contributed by atoms with van der Waals surface area (Å²) in [5.74, 6) is 2.51. The molecule has 1 saturated heterocycles. The molecule has 114 valence electrons. The number of rotatable bonds is 5. The van der Waals surface area contributed by atoms with Crippen molar-refractivity contribution in [3.63, 3.8) is 0 Å². The van der Waals surface area contributed by atoms with Gasteiger partial charge in [-0.15, -0.1) is 11.6 Å². The number of hydrogen-bond donors (Lipinski definition) is 0. The number of aryl methyl sites for hydroxylation is 2. The van der Waals surface area contributed by atoms with E-state index in [2.05, 4.69) is 41.5 Å². The van der Waals surface area contributed by atoms with Crippen molar-refractivity contribution >= 4 is 22.6 Å². The number of alkyl halides is 1. The third kappa shape index (κ3) is 2.95. The van der Waals surface area contributed by atoms with E-state index in [9.17, 15) is 0 Å². The molecule has 0 bridgehead atoms. The average Bonchev–Trinajstić information content (AvgIpc) is 3.07. The Bertz CT molecular complexity index is 620. The summed E-state index contributed by atoms with van der Waals surface area (Å²) in [6.45, 7) is 9.06. The molecule has 21 heavy (non-hydrogen) atoms. The highest BCUT2D eigenvalue weighted by Gasteiger charge is 2.23. The van der Waals surface area contributed by atoms with Crippen molar-refractivity contribution in [2.75, 3.05) is 25.5 Å². The van der Waals surface area contributed by atoms with E-state index < -0.39 is 0 Å². The van der Waals surface area contributed by atoms with Crippen LogP contribution in [0.1, 0.15) is 24.7 Å². The fourth-order valence-corrected chi connectivity index (χ4v) is 3.59. The lowest BCUT2D eigenvalue weighted by Crippen LogP contribution is -2.21. The van der Waals surface area contributed by atoms with Gasteiger partial charge < -0.3 is 9.47 Å². The number of imidazole rings is 1. The number of nitrogens with zero attached hydrogens (tertiary/aromatic N) is 3. The van der Waals surface area contributed by atoms with E-state index in [1.54, 1.807) is 0 Å². The number of benzene rings is 1. The Morgan fingerprint density at radius 1 is 1.38 bits per heavy atom. The number of para-hydroxylation sites is 1. The molecule has 1 atom stereocenters. The molecule has 2 aromatic rings. The summed E-state index contributed by atoms with van der Waals surface area (Å²) in [5, 5.41) is 0. The van der Waals surface area contributed by atoms with Crippen LogP contribution < -0.4 is 0 Å². The SMILES string of the molecule is CCN1CCC(Cn2c(CCCl)nc3c(C)cccc32)C1. The predicted octanol–water partition coefficient (Wildman–Crippen LogP) is 3.47. The van der Waals surface area contributed by atoms with E-state index in [0.29, 0.717) is 5.88 Å². The molecule has 0 aliphatic carbocycles. The van der Waals surface area contributed by atoms with Crippen molar-refractivity contribution in [2.45, 2.75) is 33.2 Å². The Hall–Kier alpha value is -1.06. The quantitative estimate of drug-likeness (QED) is 0.789. The van der Waals surface area contributed by atoms with Gasteiger partial charge in [0.25, 0.3) is 0 Å². The van der Waals surface area contributed by atoms with Crippen LogP contribution in [0, 0.1) is 12.8 Å². The second-order valence-electron chi connectivity index (χ2n) is 6.07. The van der Waals surface area contributed by atoms with Crippen molar-refractivity contribution in [1.29, 1.82) is 0 Å². The molecule has 0 spiro atoms. The minimum Gasteiger partial charge on any atom is -0.328 e. The number of aromatic nitrogens is 2. The first-order valence-electron chi connectivity index (χ1n) is 7.96. The zero-order valence-electron chi connectivity index (χ0n) is 13.0. The monoisotopic (exact) mass is 305 g/mol. The molecule has 1 aliphatic rings. The fourth-order valence-electron chi connectivity index (χ4n) is 3.42. The van der Waals surface area contributed by atoms with E-state index in [0.717, 1.165) is 36.8 Å². The molecule has 1 aliphatic heterocycles. The van der Waals surface area contributed by atoms with Crippen LogP contribution in [0.25, 0.3) is 11.0 Å². The van der Waals surface area contributed by atoms with Crippen molar-refractivity contribution < 1.29 is 0 Å². The second-order valence-corrected chi connectivity index (χ2v) is 6.45. The molecule has 0 amide bonds. The first kappa shape index (κ1) is 14.9. The normalized spacial score (nSPS) is 19.7. The van der Waals surface area contributed by atoms with Gasteiger partial charge in [0.1, 0.15) is 5.82 Å². The first-order chi connectivity index (χ1) is 10.2. The van der Waals surface area contributed by atoms with Crippen LogP contribution in [0.4, 0.5) is 0 Å². The van der Waals surface area contributed by atoms with E-state index in [4.69, 9.17) is 16.6 Å². The van der Waals surface area contributed by atoms with Gasteiger partial charge in [-0.2, -0.15) is 0 Å². The largest absolute Gasteiger partial charge is 0.328 e. The Morgan fingerprint density at radius 2 is 2.24 bits per heavy atom. The molecular formula is C17H24ClN3. The van der Waals surface area contributed by atoms with Crippen LogP contribution in [0.2, 0.25) is 0 Å². The number of halogens is 1. The predicted molar refractivity (Wildman–Crippen MR) is 89.1 cm³/mol. The van der Waals surface area contributed by atoms with Crippen LogP contribution in [0.15, 0.2) is 18.2 Å². The summed E-state index contributed by atoms with van der Waals surface area (Å²) in [7, 11) is 0. The molecule has 1 fully saturated rings. The molecule has 4 heteroatoms. The molecule has 1 unspecified atom stereocenters. The van der Waals surface area contributed by atoms with Crippen LogP contribution in [0.3, 0.4) is 0 Å². The Morgan fingerprint density at radius 3 is 2.95 bits per heavy atom. The third-order valence-electron chi connectivity index (χ3n) is 4.64. The van der Waals surface area contributed by atoms with Crippen LogP contribution in [-0.4, -0.2) is 40.0 Å². The topological polar surface area (TPSA) is 21.1 Å². The van der Waals surface area contributed by atoms with Gasteiger partial charge in [0.2, 0.25) is 0 Å². The third-order valence-corrected chi connectivity index (χ3v) is 4.82. The number of hydrogen-bond acceptors (Lipinski definition) is 2. The lowest BCUT2D eigenvalue weighted by atomic mass is 10.1. The van der Waals surface area contributed by atoms with Crippen molar-refractivity contribution in [2.24, 2.45) is 5.92 Å². The van der Waals surface area contributed by atoms with Crippen molar-refractivity contribution in [3.05, 3.63) is 29.6 Å². The summed E-state index contributed by atoms with van der Waals surface area (Å²) in [6.07, 6.45) is 2.14. The average molecular weight is 306 g/mol. The summed E-state index contributed by atoms with van der Waals surface area (Å²) >= 11 is 5.98. The van der Waals surface area contributed by atoms with Crippen molar-refractivity contribution in [3.8, 4) is 0 Å². The standard InChI is InChI=1S/C17H24ClN3/c1-3-20-10-8-14(11-20)12-21-15-6-4-5-13(2)17(15)19-16(21)7-9-18/h4-6,14H,3,7-12H2,1-2H3. The lowest BCUT2D eigenvalue weighted by molar-refractivity contribution is 0.332. The van der Waals surface area contributed by atoms with Gasteiger partial charge in [0.05, 0.1) is 11.0 Å². The van der Waals surface area contributed by atoms with E-state index in [1.807, 2.05) is 0 Å². The maximum Gasteiger partial charge on any atom is 0.111 e. The lowest BCUT2D eigenvalue weighted by Gasteiger charge is -2.16. The zero-order valence-corrected chi connectivity index (χ0v) is 13.7. The first-order valence-corrected chi connectivity index (χ1v) is 8.49. The number of likely N-dealkylation sites (tertiary alicyclic amines) is 1. The fraction of sp³-hybridized carbons (Fsp3) is 0.588. The van der Waals surface area contributed by atoms with Gasteiger partial charge in [-0.25, -0.2) is 4.98 Å². The molecular weight excluding hydrogens is 282 g/mol. The molecule has 0 N–H and O–H groups in total. The highest BCUT2D eigenvalue weighted by Crippen LogP contribution is 2.24. The van der Waals surface area contributed by atoms with Crippen LogP contribution in [-0.2, 0) is 13.0 Å². The maximum absolute atomic E-state index is 5.98. The summed E-state index contributed by atoms with van der Waals surface area (Å²) in [4.78, 5) is 7.39. The molecule has 3 nitrogen and oxygen atoms in total. The van der Waals surface area contributed by atoms with Gasteiger partial charge in [-0.3, -0.25) is 0 Å². The summed E-state index contributed by atoms with van der Waals surface area (Å²) < 4.78 is 2.41. The molecule has 1 aromatic carbocycles. The van der Waals surface area contributed by atoms with E-state index in [1.165, 1.54) is 30.6 Å². The minimum atomic E-state index is 0.633. The van der Waals surface area contributed by atoms with Crippen LogP contribution in [0.5, 0.6) is 0 Å². The molecule has 0 saturated carbocycles. The molecule has 3 rings (SSSR count). The summed E-state index contributed by atoms with van der Waals surface area (Å²) in [6, 6.07) is 6.46.